The summed E-state index contributed by atoms with van der Waals surface area (Å²) in [7, 11) is 3.89. The molecule has 0 aromatic carbocycles. The van der Waals surface area contributed by atoms with Crippen LogP contribution in [0.3, 0.4) is 0 Å². The second-order valence-electron chi connectivity index (χ2n) is 5.68. The number of likely N-dealkylation sites (tertiary alicyclic amines) is 1. The molecule has 0 spiro atoms. The van der Waals surface area contributed by atoms with Crippen LogP contribution in [0.2, 0.25) is 5.02 Å². The topological polar surface area (TPSA) is 19.4 Å². The molecule has 0 radical (unpaired) electrons. The molecule has 1 fully saturated rings. The highest BCUT2D eigenvalue weighted by Gasteiger charge is 2.32. The van der Waals surface area contributed by atoms with Crippen molar-refractivity contribution in [3.05, 3.63) is 22.8 Å². The Kier molecular flexibility index (Phi) is 4.99. The third-order valence-electron chi connectivity index (χ3n) is 3.76. The predicted octanol–water partition coefficient (Wildman–Crippen LogP) is 3.53. The Balaban J connectivity index is 2.07. The zero-order valence-electron chi connectivity index (χ0n) is 12.1. The van der Waals surface area contributed by atoms with E-state index in [0.29, 0.717) is 11.7 Å². The quantitative estimate of drug-likeness (QED) is 0.849. The standard InChI is InChI=1S/C14H19ClF3N3/c1-20-5-3-4-10(8-20)9-21(2)13-12(15)6-11(7-19-13)14(16,17)18/h6-7,10H,3-5,8-9H2,1-2H3. The average molecular weight is 322 g/mol. The Morgan fingerprint density at radius 3 is 2.76 bits per heavy atom. The molecule has 3 nitrogen and oxygen atoms in total. The number of rotatable bonds is 3. The lowest BCUT2D eigenvalue weighted by molar-refractivity contribution is -0.137. The molecule has 0 aliphatic carbocycles. The first kappa shape index (κ1) is 16.4. The van der Waals surface area contributed by atoms with Crippen LogP contribution in [0.5, 0.6) is 0 Å². The first-order valence-electron chi connectivity index (χ1n) is 6.90. The highest BCUT2D eigenvalue weighted by atomic mass is 35.5. The van der Waals surface area contributed by atoms with E-state index in [2.05, 4.69) is 16.9 Å². The van der Waals surface area contributed by atoms with Gasteiger partial charge in [-0.05, 0) is 38.4 Å². The van der Waals surface area contributed by atoms with Gasteiger partial charge in [-0.2, -0.15) is 13.2 Å². The van der Waals surface area contributed by atoms with Crippen LogP contribution < -0.4 is 4.90 Å². The zero-order valence-corrected chi connectivity index (χ0v) is 12.9. The first-order chi connectivity index (χ1) is 9.77. The molecule has 1 aromatic rings. The van der Waals surface area contributed by atoms with E-state index in [4.69, 9.17) is 11.6 Å². The van der Waals surface area contributed by atoms with Crippen LogP contribution in [0.15, 0.2) is 12.3 Å². The van der Waals surface area contributed by atoms with Crippen molar-refractivity contribution >= 4 is 17.4 Å². The molecule has 0 saturated carbocycles. The summed E-state index contributed by atoms with van der Waals surface area (Å²) in [6, 6.07) is 0.938. The van der Waals surface area contributed by atoms with Crippen molar-refractivity contribution in [3.63, 3.8) is 0 Å². The number of halogens is 4. The smallest absolute Gasteiger partial charge is 0.358 e. The molecule has 1 aromatic heterocycles. The molecule has 0 bridgehead atoms. The Labute approximate surface area is 127 Å². The molecule has 1 unspecified atom stereocenters. The van der Waals surface area contributed by atoms with Crippen LogP contribution in [-0.2, 0) is 6.18 Å². The van der Waals surface area contributed by atoms with Crippen LogP contribution in [0, 0.1) is 5.92 Å². The lowest BCUT2D eigenvalue weighted by Crippen LogP contribution is -2.38. The van der Waals surface area contributed by atoms with Gasteiger partial charge in [0.15, 0.2) is 0 Å². The average Bonchev–Trinajstić information content (AvgIpc) is 2.37. The summed E-state index contributed by atoms with van der Waals surface area (Å²) in [5.74, 6) is 0.881. The fourth-order valence-electron chi connectivity index (χ4n) is 2.76. The minimum atomic E-state index is -4.42. The molecule has 0 N–H and O–H groups in total. The lowest BCUT2D eigenvalue weighted by atomic mass is 9.98. The van der Waals surface area contributed by atoms with Gasteiger partial charge in [0, 0.05) is 26.3 Å². The van der Waals surface area contributed by atoms with Crippen molar-refractivity contribution < 1.29 is 13.2 Å². The molecule has 118 valence electrons. The van der Waals surface area contributed by atoms with Gasteiger partial charge in [0.05, 0.1) is 10.6 Å². The molecule has 21 heavy (non-hydrogen) atoms. The number of alkyl halides is 3. The van der Waals surface area contributed by atoms with Crippen molar-refractivity contribution in [1.82, 2.24) is 9.88 Å². The van der Waals surface area contributed by atoms with E-state index < -0.39 is 11.7 Å². The summed E-state index contributed by atoms with van der Waals surface area (Å²) in [6.45, 7) is 2.82. The Morgan fingerprint density at radius 2 is 2.19 bits per heavy atom. The SMILES string of the molecule is CN1CCCC(CN(C)c2ncc(C(F)(F)F)cc2Cl)C1. The fraction of sp³-hybridized carbons (Fsp3) is 0.643. The van der Waals surface area contributed by atoms with E-state index in [0.717, 1.165) is 44.7 Å². The Bertz CT molecular complexity index is 493. The normalized spacial score (nSPS) is 20.6. The van der Waals surface area contributed by atoms with E-state index in [-0.39, 0.29) is 5.02 Å². The number of hydrogen-bond donors (Lipinski definition) is 0. The maximum absolute atomic E-state index is 12.6. The Morgan fingerprint density at radius 1 is 1.48 bits per heavy atom. The van der Waals surface area contributed by atoms with Gasteiger partial charge in [0.25, 0.3) is 0 Å². The highest BCUT2D eigenvalue weighted by Crippen LogP contribution is 2.33. The number of aromatic nitrogens is 1. The molecular weight excluding hydrogens is 303 g/mol. The molecule has 1 atom stereocenters. The third kappa shape index (κ3) is 4.23. The first-order valence-corrected chi connectivity index (χ1v) is 7.27. The highest BCUT2D eigenvalue weighted by molar-refractivity contribution is 6.33. The monoisotopic (exact) mass is 321 g/mol. The van der Waals surface area contributed by atoms with E-state index in [1.807, 2.05) is 11.9 Å². The number of anilines is 1. The number of nitrogens with zero attached hydrogens (tertiary/aromatic N) is 3. The van der Waals surface area contributed by atoms with E-state index in [9.17, 15) is 13.2 Å². The van der Waals surface area contributed by atoms with E-state index >= 15 is 0 Å². The molecular formula is C14H19ClF3N3. The van der Waals surface area contributed by atoms with Gasteiger partial charge in [0.1, 0.15) is 5.82 Å². The number of pyridine rings is 1. The lowest BCUT2D eigenvalue weighted by Gasteiger charge is -2.33. The van der Waals surface area contributed by atoms with Crippen molar-refractivity contribution in [2.24, 2.45) is 5.92 Å². The zero-order chi connectivity index (χ0) is 15.6. The minimum Gasteiger partial charge on any atom is -0.358 e. The summed E-state index contributed by atoms with van der Waals surface area (Å²) in [6.07, 6.45) is -1.32. The van der Waals surface area contributed by atoms with Crippen LogP contribution in [-0.4, -0.2) is 43.6 Å². The molecule has 1 saturated heterocycles. The van der Waals surface area contributed by atoms with E-state index in [1.165, 1.54) is 0 Å². The van der Waals surface area contributed by atoms with Crippen molar-refractivity contribution in [3.8, 4) is 0 Å². The fourth-order valence-corrected chi connectivity index (χ4v) is 3.07. The molecule has 0 amide bonds. The summed E-state index contributed by atoms with van der Waals surface area (Å²) in [5.41, 5.74) is -0.818. The molecule has 1 aliphatic heterocycles. The van der Waals surface area contributed by atoms with Crippen LogP contribution in [0.25, 0.3) is 0 Å². The summed E-state index contributed by atoms with van der Waals surface area (Å²) in [5, 5.41) is 0.0384. The van der Waals surface area contributed by atoms with E-state index in [1.54, 1.807) is 0 Å². The van der Waals surface area contributed by atoms with Crippen molar-refractivity contribution in [2.45, 2.75) is 19.0 Å². The minimum absolute atomic E-state index is 0.0384. The Hall–Kier alpha value is -1.01. The van der Waals surface area contributed by atoms with Gasteiger partial charge in [-0.3, -0.25) is 0 Å². The largest absolute Gasteiger partial charge is 0.417 e. The van der Waals surface area contributed by atoms with Crippen molar-refractivity contribution in [1.29, 1.82) is 0 Å². The second-order valence-corrected chi connectivity index (χ2v) is 6.09. The van der Waals surface area contributed by atoms with Gasteiger partial charge in [-0.25, -0.2) is 4.98 Å². The summed E-state index contributed by atoms with van der Waals surface area (Å²) in [4.78, 5) is 8.00. The van der Waals surface area contributed by atoms with Crippen LogP contribution in [0.1, 0.15) is 18.4 Å². The van der Waals surface area contributed by atoms with Crippen LogP contribution in [0.4, 0.5) is 19.0 Å². The van der Waals surface area contributed by atoms with Crippen molar-refractivity contribution in [2.75, 3.05) is 38.6 Å². The molecule has 7 heteroatoms. The van der Waals surface area contributed by atoms with Gasteiger partial charge in [-0.1, -0.05) is 11.6 Å². The molecule has 2 rings (SSSR count). The second kappa shape index (κ2) is 6.40. The van der Waals surface area contributed by atoms with Gasteiger partial charge < -0.3 is 9.80 Å². The maximum Gasteiger partial charge on any atom is 0.417 e. The summed E-state index contributed by atoms with van der Waals surface area (Å²) < 4.78 is 37.8. The van der Waals surface area contributed by atoms with Gasteiger partial charge >= 0.3 is 6.18 Å². The molecule has 2 heterocycles. The number of piperidine rings is 1. The third-order valence-corrected chi connectivity index (χ3v) is 4.04. The van der Waals surface area contributed by atoms with Gasteiger partial charge in [-0.15, -0.1) is 0 Å². The van der Waals surface area contributed by atoms with Crippen LogP contribution >= 0.6 is 11.6 Å². The maximum atomic E-state index is 12.6. The molecule has 1 aliphatic rings. The number of hydrogen-bond acceptors (Lipinski definition) is 3. The summed E-state index contributed by atoms with van der Waals surface area (Å²) >= 11 is 5.96. The predicted molar refractivity (Wildman–Crippen MR) is 77.7 cm³/mol. The van der Waals surface area contributed by atoms with Gasteiger partial charge in [0.2, 0.25) is 0 Å².